The average molecular weight is 806 g/mol. The summed E-state index contributed by atoms with van der Waals surface area (Å²) in [5.41, 5.74) is 17.3. The van der Waals surface area contributed by atoms with Gasteiger partial charge < -0.3 is 9.32 Å². The van der Waals surface area contributed by atoms with Crippen molar-refractivity contribution in [3.05, 3.63) is 271 Å². The number of hydrogen-bond acceptors (Lipinski definition) is 2. The number of nitrogens with zero attached hydrogens (tertiary/aromatic N) is 1. The lowest BCUT2D eigenvalue weighted by molar-refractivity contribution is 0.456. The lowest BCUT2D eigenvalue weighted by atomic mass is 9.63. The number of furan rings is 1. The van der Waals surface area contributed by atoms with Gasteiger partial charge in [-0.15, -0.1) is 0 Å². The van der Waals surface area contributed by atoms with Gasteiger partial charge in [0, 0.05) is 39.7 Å². The summed E-state index contributed by atoms with van der Waals surface area (Å²) >= 11 is 0. The summed E-state index contributed by atoms with van der Waals surface area (Å²) in [6.07, 6.45) is 9.31. The SMILES string of the molecule is C1=CC2c3cc(-c4ccc(N(c5ccc(-c6ccccc6)cc5)c5ccc(-c6ccc7c(c6)oc6ccccc67)cc5)cc4)ccc3C(c3ccccc3)(c3ccccc3)C2C=C1. The number of rotatable bonds is 8. The van der Waals surface area contributed by atoms with E-state index >= 15 is 0 Å². The van der Waals surface area contributed by atoms with Crippen molar-refractivity contribution in [2.75, 3.05) is 4.90 Å². The molecule has 2 nitrogen and oxygen atoms in total. The highest BCUT2D eigenvalue weighted by atomic mass is 16.3. The van der Waals surface area contributed by atoms with Gasteiger partial charge in [0.1, 0.15) is 11.2 Å². The van der Waals surface area contributed by atoms with Gasteiger partial charge in [0.05, 0.1) is 5.41 Å². The standard InChI is InChI=1S/C61H43NO/c1-4-14-42(15-5-1)43-24-32-50(33-25-43)62(52-36-28-45(29-37-52)47-30-38-55-54-21-11-13-23-59(54)63-60(55)41-47)51-34-26-44(27-35-51)46-31-39-58-56(40-46)53-20-10-12-22-57(53)61(58,48-16-6-2-7-17-48)49-18-8-3-9-19-49/h1-41,53,57H. The summed E-state index contributed by atoms with van der Waals surface area (Å²) in [5, 5.41) is 2.28. The Labute approximate surface area is 368 Å². The number of hydrogen-bond donors (Lipinski definition) is 0. The van der Waals surface area contributed by atoms with Crippen LogP contribution >= 0.6 is 0 Å². The van der Waals surface area contributed by atoms with Gasteiger partial charge in [0.25, 0.3) is 0 Å². The molecule has 2 unspecified atom stereocenters. The summed E-state index contributed by atoms with van der Waals surface area (Å²) in [6.45, 7) is 0. The Kier molecular flexibility index (Phi) is 8.90. The third-order valence-electron chi connectivity index (χ3n) is 13.5. The zero-order valence-electron chi connectivity index (χ0n) is 34.7. The molecule has 2 atom stereocenters. The second-order valence-corrected chi connectivity index (χ2v) is 16.8. The first-order valence-electron chi connectivity index (χ1n) is 21.9. The summed E-state index contributed by atoms with van der Waals surface area (Å²) < 4.78 is 6.25. The van der Waals surface area contributed by atoms with E-state index in [1.54, 1.807) is 0 Å². The normalized spacial score (nSPS) is 15.9. The minimum Gasteiger partial charge on any atom is -0.456 e. The maximum absolute atomic E-state index is 6.25. The number of allylic oxidation sites excluding steroid dienone is 4. The average Bonchev–Trinajstić information content (AvgIpc) is 3.89. The Morgan fingerprint density at radius 1 is 0.365 bits per heavy atom. The first-order chi connectivity index (χ1) is 31.2. The van der Waals surface area contributed by atoms with E-state index < -0.39 is 0 Å². The highest BCUT2D eigenvalue weighted by Crippen LogP contribution is 2.60. The Morgan fingerprint density at radius 3 is 1.44 bits per heavy atom. The minimum atomic E-state index is -0.293. The number of anilines is 3. The van der Waals surface area contributed by atoms with Gasteiger partial charge in [-0.3, -0.25) is 0 Å². The fourth-order valence-electron chi connectivity index (χ4n) is 10.5. The van der Waals surface area contributed by atoms with E-state index in [1.807, 2.05) is 12.1 Å². The van der Waals surface area contributed by atoms with Gasteiger partial charge in [-0.1, -0.05) is 194 Å². The monoisotopic (exact) mass is 805 g/mol. The van der Waals surface area contributed by atoms with Crippen LogP contribution in [0.4, 0.5) is 17.1 Å². The molecule has 298 valence electrons. The highest BCUT2D eigenvalue weighted by Gasteiger charge is 2.52. The lowest BCUT2D eigenvalue weighted by Crippen LogP contribution is -2.34. The van der Waals surface area contributed by atoms with Crippen LogP contribution in [0.2, 0.25) is 0 Å². The molecule has 0 fully saturated rings. The van der Waals surface area contributed by atoms with Crippen molar-refractivity contribution in [2.24, 2.45) is 5.92 Å². The minimum absolute atomic E-state index is 0.265. The number of para-hydroxylation sites is 1. The molecule has 12 rings (SSSR count). The van der Waals surface area contributed by atoms with E-state index in [1.165, 1.54) is 44.5 Å². The van der Waals surface area contributed by atoms with E-state index in [9.17, 15) is 0 Å². The molecule has 0 radical (unpaired) electrons. The lowest BCUT2D eigenvalue weighted by Gasteiger charge is -2.38. The third-order valence-corrected chi connectivity index (χ3v) is 13.5. The zero-order valence-corrected chi connectivity index (χ0v) is 34.7. The van der Waals surface area contributed by atoms with Crippen LogP contribution < -0.4 is 4.90 Å². The second-order valence-electron chi connectivity index (χ2n) is 16.8. The van der Waals surface area contributed by atoms with Crippen molar-refractivity contribution in [2.45, 2.75) is 11.3 Å². The smallest absolute Gasteiger partial charge is 0.136 e. The zero-order chi connectivity index (χ0) is 41.7. The van der Waals surface area contributed by atoms with E-state index in [0.29, 0.717) is 0 Å². The molecule has 2 aliphatic carbocycles. The van der Waals surface area contributed by atoms with Gasteiger partial charge in [-0.05, 0) is 110 Å². The molecule has 9 aromatic carbocycles. The van der Waals surface area contributed by atoms with Gasteiger partial charge in [-0.2, -0.15) is 0 Å². The number of benzene rings is 9. The van der Waals surface area contributed by atoms with E-state index in [2.05, 4.69) is 242 Å². The Balaban J connectivity index is 0.918. The molecule has 10 aromatic rings. The van der Waals surface area contributed by atoms with E-state index in [4.69, 9.17) is 4.42 Å². The summed E-state index contributed by atoms with van der Waals surface area (Å²) in [4.78, 5) is 2.35. The molecule has 2 aliphatic rings. The van der Waals surface area contributed by atoms with Crippen molar-refractivity contribution in [1.29, 1.82) is 0 Å². The van der Waals surface area contributed by atoms with Gasteiger partial charge in [0.2, 0.25) is 0 Å². The van der Waals surface area contributed by atoms with Gasteiger partial charge in [0.15, 0.2) is 0 Å². The molecule has 1 aromatic heterocycles. The van der Waals surface area contributed by atoms with Crippen LogP contribution in [0, 0.1) is 5.92 Å². The predicted octanol–water partition coefficient (Wildman–Crippen LogP) is 16.2. The van der Waals surface area contributed by atoms with Crippen LogP contribution in [0.5, 0.6) is 0 Å². The van der Waals surface area contributed by atoms with Gasteiger partial charge >= 0.3 is 0 Å². The van der Waals surface area contributed by atoms with E-state index in [-0.39, 0.29) is 17.3 Å². The topological polar surface area (TPSA) is 16.4 Å². The Hall–Kier alpha value is -7.94. The quantitative estimate of drug-likeness (QED) is 0.152. The predicted molar refractivity (Wildman–Crippen MR) is 262 cm³/mol. The van der Waals surface area contributed by atoms with Crippen molar-refractivity contribution in [3.8, 4) is 33.4 Å². The Morgan fingerprint density at radius 2 is 0.825 bits per heavy atom. The molecule has 0 N–H and O–H groups in total. The van der Waals surface area contributed by atoms with Crippen LogP contribution in [0.25, 0.3) is 55.3 Å². The molecule has 63 heavy (non-hydrogen) atoms. The molecule has 0 bridgehead atoms. The van der Waals surface area contributed by atoms with E-state index in [0.717, 1.165) is 50.1 Å². The van der Waals surface area contributed by atoms with Gasteiger partial charge in [-0.25, -0.2) is 0 Å². The Bertz CT molecular complexity index is 3270. The highest BCUT2D eigenvalue weighted by molar-refractivity contribution is 6.05. The molecule has 0 aliphatic heterocycles. The van der Waals surface area contributed by atoms with Crippen LogP contribution in [0.15, 0.2) is 253 Å². The summed E-state index contributed by atoms with van der Waals surface area (Å²) in [5.74, 6) is 0.531. The second kappa shape index (κ2) is 15.2. The largest absolute Gasteiger partial charge is 0.456 e. The summed E-state index contributed by atoms with van der Waals surface area (Å²) in [7, 11) is 0. The van der Waals surface area contributed by atoms with Crippen molar-refractivity contribution >= 4 is 39.0 Å². The van der Waals surface area contributed by atoms with Crippen molar-refractivity contribution in [3.63, 3.8) is 0 Å². The third kappa shape index (κ3) is 6.17. The molecule has 1 heterocycles. The number of fused-ring (bicyclic) bond motifs is 6. The van der Waals surface area contributed by atoms with Crippen LogP contribution in [-0.4, -0.2) is 0 Å². The van der Waals surface area contributed by atoms with Crippen LogP contribution in [0.1, 0.15) is 28.2 Å². The molecule has 0 saturated carbocycles. The maximum atomic E-state index is 6.25. The molecule has 0 spiro atoms. The van der Waals surface area contributed by atoms with Crippen LogP contribution in [-0.2, 0) is 5.41 Å². The van der Waals surface area contributed by atoms with Crippen molar-refractivity contribution < 1.29 is 4.42 Å². The van der Waals surface area contributed by atoms with Crippen LogP contribution in [0.3, 0.4) is 0 Å². The fraction of sp³-hybridized carbons (Fsp3) is 0.0492. The fourth-order valence-corrected chi connectivity index (χ4v) is 10.5. The summed E-state index contributed by atoms with van der Waals surface area (Å²) in [6, 6.07) is 81.7. The molecular weight excluding hydrogens is 763 g/mol. The first kappa shape index (κ1) is 36.9. The molecular formula is C61H43NO. The molecule has 2 heteroatoms. The molecule has 0 saturated heterocycles. The maximum Gasteiger partial charge on any atom is 0.136 e. The van der Waals surface area contributed by atoms with Crippen molar-refractivity contribution in [1.82, 2.24) is 0 Å². The molecule has 0 amide bonds. The first-order valence-corrected chi connectivity index (χ1v) is 21.9.